The second-order valence-corrected chi connectivity index (χ2v) is 4.45. The SMILES string of the molecule is NC(c1ccccc1)C(N)c1ccc(Cl)cc1. The number of benzene rings is 2. The van der Waals surface area contributed by atoms with Crippen LogP contribution in [0.1, 0.15) is 23.2 Å². The van der Waals surface area contributed by atoms with Crippen LogP contribution < -0.4 is 11.5 Å². The lowest BCUT2D eigenvalue weighted by Gasteiger charge is -2.20. The Bertz CT molecular complexity index is 467. The van der Waals surface area contributed by atoms with Gasteiger partial charge in [-0.05, 0) is 23.3 Å². The molecule has 0 fully saturated rings. The standard InChI is InChI=1S/C14H15ClN2/c15-12-8-6-11(7-9-12)14(17)13(16)10-4-2-1-3-5-10/h1-9,13-14H,16-17H2. The van der Waals surface area contributed by atoms with E-state index in [0.717, 1.165) is 11.1 Å². The molecule has 2 aromatic rings. The lowest BCUT2D eigenvalue weighted by Crippen LogP contribution is -2.26. The fourth-order valence-electron chi connectivity index (χ4n) is 1.77. The molecule has 4 N–H and O–H groups in total. The number of nitrogens with two attached hydrogens (primary N) is 2. The molecule has 0 radical (unpaired) electrons. The van der Waals surface area contributed by atoms with Crippen molar-refractivity contribution in [3.8, 4) is 0 Å². The van der Waals surface area contributed by atoms with Gasteiger partial charge < -0.3 is 11.5 Å². The Kier molecular flexibility index (Phi) is 3.79. The van der Waals surface area contributed by atoms with E-state index in [1.807, 2.05) is 54.6 Å². The second kappa shape index (κ2) is 5.32. The highest BCUT2D eigenvalue weighted by Crippen LogP contribution is 2.25. The Labute approximate surface area is 106 Å². The van der Waals surface area contributed by atoms with E-state index in [4.69, 9.17) is 23.1 Å². The lowest BCUT2D eigenvalue weighted by molar-refractivity contribution is 0.574. The number of rotatable bonds is 3. The molecule has 0 amide bonds. The quantitative estimate of drug-likeness (QED) is 0.875. The van der Waals surface area contributed by atoms with E-state index in [0.29, 0.717) is 5.02 Å². The lowest BCUT2D eigenvalue weighted by atomic mass is 9.95. The maximum atomic E-state index is 6.15. The van der Waals surface area contributed by atoms with Gasteiger partial charge in [-0.3, -0.25) is 0 Å². The number of hydrogen-bond donors (Lipinski definition) is 2. The van der Waals surface area contributed by atoms with Gasteiger partial charge in [-0.15, -0.1) is 0 Å². The summed E-state index contributed by atoms with van der Waals surface area (Å²) in [5.74, 6) is 0. The van der Waals surface area contributed by atoms with Gasteiger partial charge in [0.2, 0.25) is 0 Å². The number of halogens is 1. The third-order valence-electron chi connectivity index (χ3n) is 2.83. The van der Waals surface area contributed by atoms with Crippen LogP contribution in [0.3, 0.4) is 0 Å². The summed E-state index contributed by atoms with van der Waals surface area (Å²) in [5.41, 5.74) is 14.3. The van der Waals surface area contributed by atoms with E-state index in [9.17, 15) is 0 Å². The van der Waals surface area contributed by atoms with Gasteiger partial charge in [0.25, 0.3) is 0 Å². The van der Waals surface area contributed by atoms with E-state index in [-0.39, 0.29) is 12.1 Å². The predicted octanol–water partition coefficient (Wildman–Crippen LogP) is 3.04. The second-order valence-electron chi connectivity index (χ2n) is 4.01. The first-order valence-corrected chi connectivity index (χ1v) is 5.88. The summed E-state index contributed by atoms with van der Waals surface area (Å²) in [6.07, 6.45) is 0. The molecule has 0 aromatic heterocycles. The van der Waals surface area contributed by atoms with Gasteiger partial charge >= 0.3 is 0 Å². The number of hydrogen-bond acceptors (Lipinski definition) is 2. The third kappa shape index (κ3) is 2.86. The summed E-state index contributed by atoms with van der Waals surface area (Å²) in [6.45, 7) is 0. The molecule has 88 valence electrons. The van der Waals surface area contributed by atoms with Crippen LogP contribution in [0.5, 0.6) is 0 Å². The molecular formula is C14H15ClN2. The Morgan fingerprint density at radius 2 is 1.18 bits per heavy atom. The Morgan fingerprint density at radius 1 is 0.706 bits per heavy atom. The largest absolute Gasteiger partial charge is 0.322 e. The molecule has 0 aliphatic carbocycles. The van der Waals surface area contributed by atoms with Crippen LogP contribution in [0.2, 0.25) is 5.02 Å². The Morgan fingerprint density at radius 3 is 1.71 bits per heavy atom. The van der Waals surface area contributed by atoms with Gasteiger partial charge in [-0.25, -0.2) is 0 Å². The highest BCUT2D eigenvalue weighted by molar-refractivity contribution is 6.30. The van der Waals surface area contributed by atoms with Crippen LogP contribution in [0.25, 0.3) is 0 Å². The first-order chi connectivity index (χ1) is 8.18. The van der Waals surface area contributed by atoms with Crippen LogP contribution in [0.15, 0.2) is 54.6 Å². The van der Waals surface area contributed by atoms with Crippen molar-refractivity contribution < 1.29 is 0 Å². The molecule has 2 aromatic carbocycles. The van der Waals surface area contributed by atoms with Crippen molar-refractivity contribution in [1.82, 2.24) is 0 Å². The summed E-state index contributed by atoms with van der Waals surface area (Å²) in [7, 11) is 0. The molecule has 3 heteroatoms. The van der Waals surface area contributed by atoms with Crippen molar-refractivity contribution in [3.05, 3.63) is 70.7 Å². The zero-order valence-corrected chi connectivity index (χ0v) is 10.1. The topological polar surface area (TPSA) is 52.0 Å². The van der Waals surface area contributed by atoms with Crippen LogP contribution in [-0.4, -0.2) is 0 Å². The Balaban J connectivity index is 2.20. The summed E-state index contributed by atoms with van der Waals surface area (Å²) >= 11 is 5.84. The monoisotopic (exact) mass is 246 g/mol. The van der Waals surface area contributed by atoms with Crippen molar-refractivity contribution in [2.45, 2.75) is 12.1 Å². The highest BCUT2D eigenvalue weighted by Gasteiger charge is 2.16. The molecule has 0 heterocycles. The first-order valence-electron chi connectivity index (χ1n) is 5.50. The predicted molar refractivity (Wildman–Crippen MR) is 71.8 cm³/mol. The normalized spacial score (nSPS) is 14.3. The van der Waals surface area contributed by atoms with Crippen LogP contribution in [-0.2, 0) is 0 Å². The van der Waals surface area contributed by atoms with Crippen LogP contribution in [0, 0.1) is 0 Å². The smallest absolute Gasteiger partial charge is 0.0491 e. The third-order valence-corrected chi connectivity index (χ3v) is 3.08. The van der Waals surface area contributed by atoms with Gasteiger partial charge in [-0.2, -0.15) is 0 Å². The maximum Gasteiger partial charge on any atom is 0.0491 e. The van der Waals surface area contributed by atoms with Crippen molar-refractivity contribution in [2.24, 2.45) is 11.5 Å². The summed E-state index contributed by atoms with van der Waals surface area (Å²) in [4.78, 5) is 0. The molecule has 0 aliphatic rings. The van der Waals surface area contributed by atoms with Crippen molar-refractivity contribution >= 4 is 11.6 Å². The van der Waals surface area contributed by atoms with Crippen LogP contribution in [0.4, 0.5) is 0 Å². The molecule has 2 unspecified atom stereocenters. The van der Waals surface area contributed by atoms with Gasteiger partial charge in [-0.1, -0.05) is 54.1 Å². The van der Waals surface area contributed by atoms with Crippen molar-refractivity contribution in [1.29, 1.82) is 0 Å². The van der Waals surface area contributed by atoms with E-state index in [1.54, 1.807) is 0 Å². The molecule has 2 rings (SSSR count). The van der Waals surface area contributed by atoms with Crippen molar-refractivity contribution in [2.75, 3.05) is 0 Å². The molecule has 0 bridgehead atoms. The Hall–Kier alpha value is -1.35. The molecule has 17 heavy (non-hydrogen) atoms. The average Bonchev–Trinajstić information content (AvgIpc) is 2.39. The fraction of sp³-hybridized carbons (Fsp3) is 0.143. The van der Waals surface area contributed by atoms with Gasteiger partial charge in [0.1, 0.15) is 0 Å². The van der Waals surface area contributed by atoms with E-state index >= 15 is 0 Å². The van der Waals surface area contributed by atoms with Gasteiger partial charge in [0.05, 0.1) is 0 Å². The van der Waals surface area contributed by atoms with Gasteiger partial charge in [0, 0.05) is 17.1 Å². The van der Waals surface area contributed by atoms with Crippen molar-refractivity contribution in [3.63, 3.8) is 0 Å². The molecule has 0 aliphatic heterocycles. The van der Waals surface area contributed by atoms with Gasteiger partial charge in [0.15, 0.2) is 0 Å². The minimum absolute atomic E-state index is 0.211. The summed E-state index contributed by atoms with van der Waals surface area (Å²) in [6, 6.07) is 16.9. The van der Waals surface area contributed by atoms with Crippen LogP contribution >= 0.6 is 11.6 Å². The highest BCUT2D eigenvalue weighted by atomic mass is 35.5. The minimum Gasteiger partial charge on any atom is -0.322 e. The van der Waals surface area contributed by atoms with E-state index in [2.05, 4.69) is 0 Å². The molecule has 2 atom stereocenters. The zero-order valence-electron chi connectivity index (χ0n) is 9.38. The molecular weight excluding hydrogens is 232 g/mol. The fourth-order valence-corrected chi connectivity index (χ4v) is 1.90. The maximum absolute atomic E-state index is 6.15. The average molecular weight is 247 g/mol. The molecule has 0 saturated carbocycles. The summed E-state index contributed by atoms with van der Waals surface area (Å²) < 4.78 is 0. The molecule has 2 nitrogen and oxygen atoms in total. The zero-order chi connectivity index (χ0) is 12.3. The minimum atomic E-state index is -0.227. The first kappa shape index (κ1) is 12.1. The molecule has 0 spiro atoms. The van der Waals surface area contributed by atoms with E-state index < -0.39 is 0 Å². The summed E-state index contributed by atoms with van der Waals surface area (Å²) in [5, 5.41) is 0.703. The van der Waals surface area contributed by atoms with E-state index in [1.165, 1.54) is 0 Å². The molecule has 0 saturated heterocycles.